The molecule has 3 atom stereocenters. The molecule has 28 heavy (non-hydrogen) atoms. The standard InChI is InChI=1S/C22H26BrNO4/c1-16(17-8-10-19(23)11-9-17)24-13-12-22(28-20(24)26,14-21(2,27)15-25)18-6-4-3-5-7-18/h3-11,16,25,27H,12-15H2,1-2H3/t16-,21?,22-/m0/s1. The minimum Gasteiger partial charge on any atom is -0.438 e. The van der Waals surface area contributed by atoms with E-state index in [1.807, 2.05) is 61.5 Å². The van der Waals surface area contributed by atoms with Gasteiger partial charge in [0.2, 0.25) is 0 Å². The Morgan fingerprint density at radius 1 is 1.21 bits per heavy atom. The molecule has 2 aromatic carbocycles. The van der Waals surface area contributed by atoms with Crippen LogP contribution < -0.4 is 0 Å². The van der Waals surface area contributed by atoms with Crippen molar-refractivity contribution in [2.75, 3.05) is 13.2 Å². The summed E-state index contributed by atoms with van der Waals surface area (Å²) in [6.45, 7) is 3.62. The smallest absolute Gasteiger partial charge is 0.411 e. The number of aliphatic hydroxyl groups excluding tert-OH is 1. The first-order valence-electron chi connectivity index (χ1n) is 9.40. The molecule has 150 valence electrons. The molecule has 1 saturated heterocycles. The Balaban J connectivity index is 1.86. The van der Waals surface area contributed by atoms with Crippen molar-refractivity contribution in [2.24, 2.45) is 0 Å². The Bertz CT molecular complexity index is 809. The van der Waals surface area contributed by atoms with Crippen molar-refractivity contribution < 1.29 is 19.7 Å². The zero-order valence-electron chi connectivity index (χ0n) is 16.1. The average molecular weight is 448 g/mol. The lowest BCUT2D eigenvalue weighted by atomic mass is 9.79. The van der Waals surface area contributed by atoms with Crippen LogP contribution in [0.25, 0.3) is 0 Å². The number of hydrogen-bond donors (Lipinski definition) is 2. The fourth-order valence-electron chi connectivity index (χ4n) is 3.78. The van der Waals surface area contributed by atoms with E-state index in [0.29, 0.717) is 13.0 Å². The van der Waals surface area contributed by atoms with Crippen molar-refractivity contribution in [2.45, 2.75) is 43.9 Å². The summed E-state index contributed by atoms with van der Waals surface area (Å²) in [4.78, 5) is 14.7. The van der Waals surface area contributed by atoms with Crippen LogP contribution in [-0.4, -0.2) is 40.0 Å². The maximum absolute atomic E-state index is 13.0. The van der Waals surface area contributed by atoms with E-state index >= 15 is 0 Å². The number of carbonyl (C=O) groups is 1. The van der Waals surface area contributed by atoms with Gasteiger partial charge in [0.25, 0.3) is 0 Å². The van der Waals surface area contributed by atoms with Crippen molar-refractivity contribution in [1.29, 1.82) is 0 Å². The van der Waals surface area contributed by atoms with Gasteiger partial charge in [-0.1, -0.05) is 58.4 Å². The number of amides is 1. The third-order valence-electron chi connectivity index (χ3n) is 5.40. The predicted molar refractivity (Wildman–Crippen MR) is 111 cm³/mol. The molecule has 6 heteroatoms. The van der Waals surface area contributed by atoms with Gasteiger partial charge in [0, 0.05) is 23.9 Å². The van der Waals surface area contributed by atoms with Gasteiger partial charge in [-0.15, -0.1) is 0 Å². The highest BCUT2D eigenvalue weighted by Crippen LogP contribution is 2.42. The Kier molecular flexibility index (Phi) is 6.12. The maximum atomic E-state index is 13.0. The molecule has 0 bridgehead atoms. The molecule has 5 nitrogen and oxygen atoms in total. The Morgan fingerprint density at radius 3 is 2.43 bits per heavy atom. The zero-order chi connectivity index (χ0) is 20.4. The molecule has 1 amide bonds. The van der Waals surface area contributed by atoms with Crippen LogP contribution in [0.1, 0.15) is 43.9 Å². The van der Waals surface area contributed by atoms with Gasteiger partial charge in [0.15, 0.2) is 0 Å². The summed E-state index contributed by atoms with van der Waals surface area (Å²) in [5.74, 6) is 0. The minimum absolute atomic E-state index is 0.132. The summed E-state index contributed by atoms with van der Waals surface area (Å²) in [5.41, 5.74) is -0.474. The quantitative estimate of drug-likeness (QED) is 0.688. The first kappa shape index (κ1) is 20.8. The third kappa shape index (κ3) is 4.40. The maximum Gasteiger partial charge on any atom is 0.411 e. The van der Waals surface area contributed by atoms with Crippen LogP contribution in [0.5, 0.6) is 0 Å². The van der Waals surface area contributed by atoms with Gasteiger partial charge in [-0.3, -0.25) is 0 Å². The molecule has 1 heterocycles. The van der Waals surface area contributed by atoms with Crippen molar-refractivity contribution in [3.8, 4) is 0 Å². The highest BCUT2D eigenvalue weighted by Gasteiger charge is 2.47. The monoisotopic (exact) mass is 447 g/mol. The number of carbonyl (C=O) groups excluding carboxylic acids is 1. The Morgan fingerprint density at radius 2 is 1.86 bits per heavy atom. The van der Waals surface area contributed by atoms with E-state index in [1.54, 1.807) is 11.8 Å². The summed E-state index contributed by atoms with van der Waals surface area (Å²) >= 11 is 3.43. The molecule has 0 spiro atoms. The van der Waals surface area contributed by atoms with Gasteiger partial charge in [-0.05, 0) is 37.1 Å². The van der Waals surface area contributed by atoms with E-state index in [1.165, 1.54) is 0 Å². The van der Waals surface area contributed by atoms with E-state index in [0.717, 1.165) is 15.6 Å². The van der Waals surface area contributed by atoms with Gasteiger partial charge < -0.3 is 19.8 Å². The third-order valence-corrected chi connectivity index (χ3v) is 5.93. The molecular formula is C22H26BrNO4. The van der Waals surface area contributed by atoms with Gasteiger partial charge in [-0.2, -0.15) is 0 Å². The van der Waals surface area contributed by atoms with Crippen molar-refractivity contribution in [3.63, 3.8) is 0 Å². The van der Waals surface area contributed by atoms with Gasteiger partial charge in [0.1, 0.15) is 5.60 Å². The van der Waals surface area contributed by atoms with E-state index in [-0.39, 0.29) is 12.5 Å². The van der Waals surface area contributed by atoms with Gasteiger partial charge >= 0.3 is 6.09 Å². The van der Waals surface area contributed by atoms with Crippen molar-refractivity contribution in [1.82, 2.24) is 4.90 Å². The summed E-state index contributed by atoms with van der Waals surface area (Å²) in [6, 6.07) is 17.2. The zero-order valence-corrected chi connectivity index (χ0v) is 17.7. The number of benzene rings is 2. The van der Waals surface area contributed by atoms with Gasteiger partial charge in [-0.25, -0.2) is 4.79 Å². The normalized spacial score (nSPS) is 23.0. The van der Waals surface area contributed by atoms with Crippen LogP contribution in [0.2, 0.25) is 0 Å². The fourth-order valence-corrected chi connectivity index (χ4v) is 4.05. The molecular weight excluding hydrogens is 422 g/mol. The second kappa shape index (κ2) is 8.23. The number of hydrogen-bond acceptors (Lipinski definition) is 4. The number of nitrogens with zero attached hydrogens (tertiary/aromatic N) is 1. The molecule has 1 aliphatic rings. The summed E-state index contributed by atoms with van der Waals surface area (Å²) in [7, 11) is 0. The summed E-state index contributed by atoms with van der Waals surface area (Å²) in [6.07, 6.45) is 0.242. The highest BCUT2D eigenvalue weighted by atomic mass is 79.9. The summed E-state index contributed by atoms with van der Waals surface area (Å²) < 4.78 is 6.97. The molecule has 2 N–H and O–H groups in total. The van der Waals surface area contributed by atoms with Crippen LogP contribution >= 0.6 is 15.9 Å². The lowest BCUT2D eigenvalue weighted by Gasteiger charge is -2.45. The molecule has 0 saturated carbocycles. The van der Waals surface area contributed by atoms with Crippen molar-refractivity contribution >= 4 is 22.0 Å². The first-order valence-corrected chi connectivity index (χ1v) is 10.2. The topological polar surface area (TPSA) is 70.0 Å². The molecule has 0 radical (unpaired) electrons. The molecule has 2 aromatic rings. The number of rotatable bonds is 6. The number of halogens is 1. The number of aliphatic hydroxyl groups is 2. The van der Waals surface area contributed by atoms with Crippen LogP contribution in [-0.2, 0) is 10.3 Å². The fraction of sp³-hybridized carbons (Fsp3) is 0.409. The second-order valence-electron chi connectivity index (χ2n) is 7.73. The lowest BCUT2D eigenvalue weighted by Crippen LogP contribution is -2.52. The van der Waals surface area contributed by atoms with E-state index in [4.69, 9.17) is 4.74 Å². The molecule has 3 rings (SSSR count). The largest absolute Gasteiger partial charge is 0.438 e. The molecule has 1 aliphatic heterocycles. The van der Waals surface area contributed by atoms with Crippen LogP contribution in [0.4, 0.5) is 4.79 Å². The molecule has 1 unspecified atom stereocenters. The van der Waals surface area contributed by atoms with E-state index in [9.17, 15) is 15.0 Å². The van der Waals surface area contributed by atoms with Gasteiger partial charge in [0.05, 0.1) is 18.2 Å². The van der Waals surface area contributed by atoms with E-state index < -0.39 is 23.9 Å². The number of cyclic esters (lactones) is 1. The Hall–Kier alpha value is -1.89. The van der Waals surface area contributed by atoms with Crippen molar-refractivity contribution in [3.05, 3.63) is 70.2 Å². The Labute approximate surface area is 174 Å². The van der Waals surface area contributed by atoms with E-state index in [2.05, 4.69) is 15.9 Å². The molecule has 1 fully saturated rings. The lowest BCUT2D eigenvalue weighted by molar-refractivity contribution is -0.117. The molecule has 0 aliphatic carbocycles. The first-order chi connectivity index (χ1) is 13.3. The van der Waals surface area contributed by atoms with Crippen LogP contribution in [0.15, 0.2) is 59.1 Å². The number of ether oxygens (including phenoxy) is 1. The second-order valence-corrected chi connectivity index (χ2v) is 8.65. The SMILES string of the molecule is C[C@@H](c1ccc(Br)cc1)N1CC[C@](CC(C)(O)CO)(c2ccccc2)OC1=O. The highest BCUT2D eigenvalue weighted by molar-refractivity contribution is 9.10. The predicted octanol–water partition coefficient (Wildman–Crippen LogP) is 4.38. The van der Waals surface area contributed by atoms with Crippen LogP contribution in [0, 0.1) is 0 Å². The van der Waals surface area contributed by atoms with Crippen LogP contribution in [0.3, 0.4) is 0 Å². The minimum atomic E-state index is -1.35. The average Bonchev–Trinajstić information content (AvgIpc) is 2.68. The molecule has 0 aromatic heterocycles. The summed E-state index contributed by atoms with van der Waals surface area (Å²) in [5, 5.41) is 20.1.